The molecule has 2 amide bonds. The molecule has 0 unspecified atom stereocenters. The first-order valence-electron chi connectivity index (χ1n) is 9.56. The van der Waals surface area contributed by atoms with E-state index in [0.29, 0.717) is 35.6 Å². The normalized spacial score (nSPS) is 10.3. The number of carbonyl (C=O) groups is 2. The Morgan fingerprint density at radius 2 is 1.50 bits per heavy atom. The molecule has 6 heteroatoms. The summed E-state index contributed by atoms with van der Waals surface area (Å²) in [4.78, 5) is 23.5. The largest absolute Gasteiger partial charge is 0.496 e. The van der Waals surface area contributed by atoms with E-state index < -0.39 is 5.91 Å². The Hall–Kier alpha value is -3.80. The molecule has 0 aromatic heterocycles. The van der Waals surface area contributed by atoms with Crippen molar-refractivity contribution in [3.63, 3.8) is 0 Å². The molecule has 0 radical (unpaired) electrons. The summed E-state index contributed by atoms with van der Waals surface area (Å²) in [5.74, 6) is 1.34. The van der Waals surface area contributed by atoms with Gasteiger partial charge in [-0.25, -0.2) is 0 Å². The Balaban J connectivity index is 1.55. The zero-order valence-electron chi connectivity index (χ0n) is 17.0. The SMILES string of the molecule is COc1ccc(C)cc1CCNC(=O)c1ccc(Oc2ccc(C(N)=O)cc2)cc1. The fraction of sp³-hybridized carbons (Fsp3) is 0.167. The molecule has 3 rings (SSSR count). The van der Waals surface area contributed by atoms with Crippen LogP contribution in [0.2, 0.25) is 0 Å². The van der Waals surface area contributed by atoms with Crippen LogP contribution in [0.5, 0.6) is 17.2 Å². The summed E-state index contributed by atoms with van der Waals surface area (Å²) >= 11 is 0. The summed E-state index contributed by atoms with van der Waals surface area (Å²) in [5.41, 5.74) is 8.39. The standard InChI is InChI=1S/C24H24N2O4/c1-16-3-12-22(29-2)19(15-16)13-14-26-24(28)18-6-10-21(11-7-18)30-20-8-4-17(5-9-20)23(25)27/h3-12,15H,13-14H2,1-2H3,(H2,25,27)(H,26,28). The molecule has 0 spiro atoms. The lowest BCUT2D eigenvalue weighted by molar-refractivity contribution is 0.0952. The maximum Gasteiger partial charge on any atom is 0.251 e. The highest BCUT2D eigenvalue weighted by molar-refractivity contribution is 5.94. The number of amides is 2. The van der Waals surface area contributed by atoms with Gasteiger partial charge in [-0.1, -0.05) is 17.7 Å². The quantitative estimate of drug-likeness (QED) is 0.596. The molecule has 30 heavy (non-hydrogen) atoms. The van der Waals surface area contributed by atoms with Gasteiger partial charge in [0.2, 0.25) is 5.91 Å². The number of aryl methyl sites for hydroxylation is 1. The number of primary amides is 1. The molecule has 3 aromatic rings. The molecule has 0 fully saturated rings. The highest BCUT2D eigenvalue weighted by Gasteiger charge is 2.08. The van der Waals surface area contributed by atoms with Crippen LogP contribution in [-0.4, -0.2) is 25.5 Å². The molecule has 154 valence electrons. The topological polar surface area (TPSA) is 90.7 Å². The van der Waals surface area contributed by atoms with Crippen LogP contribution in [0.15, 0.2) is 66.7 Å². The Kier molecular flexibility index (Phi) is 6.70. The summed E-state index contributed by atoms with van der Waals surface area (Å²) in [7, 11) is 1.64. The predicted octanol–water partition coefficient (Wildman–Crippen LogP) is 3.87. The van der Waals surface area contributed by atoms with E-state index in [4.69, 9.17) is 15.2 Å². The number of rotatable bonds is 8. The monoisotopic (exact) mass is 404 g/mol. The van der Waals surface area contributed by atoms with Crippen LogP contribution in [-0.2, 0) is 6.42 Å². The van der Waals surface area contributed by atoms with Crippen molar-refractivity contribution >= 4 is 11.8 Å². The van der Waals surface area contributed by atoms with Gasteiger partial charge in [0.15, 0.2) is 0 Å². The number of hydrogen-bond acceptors (Lipinski definition) is 4. The van der Waals surface area contributed by atoms with Crippen molar-refractivity contribution in [1.82, 2.24) is 5.32 Å². The Morgan fingerprint density at radius 1 is 0.900 bits per heavy atom. The third-order valence-electron chi connectivity index (χ3n) is 4.61. The van der Waals surface area contributed by atoms with Crippen LogP contribution in [0.25, 0.3) is 0 Å². The Labute approximate surface area is 175 Å². The molecule has 0 aliphatic rings. The van der Waals surface area contributed by atoms with Crippen molar-refractivity contribution in [1.29, 1.82) is 0 Å². The third-order valence-corrected chi connectivity index (χ3v) is 4.61. The molecule has 0 saturated carbocycles. The van der Waals surface area contributed by atoms with Crippen molar-refractivity contribution in [3.05, 3.63) is 89.0 Å². The van der Waals surface area contributed by atoms with Gasteiger partial charge in [-0.15, -0.1) is 0 Å². The van der Waals surface area contributed by atoms with Gasteiger partial charge < -0.3 is 20.5 Å². The van der Waals surface area contributed by atoms with E-state index in [0.717, 1.165) is 16.9 Å². The van der Waals surface area contributed by atoms with Crippen LogP contribution in [0.3, 0.4) is 0 Å². The highest BCUT2D eigenvalue weighted by Crippen LogP contribution is 2.22. The Morgan fingerprint density at radius 3 is 2.07 bits per heavy atom. The van der Waals surface area contributed by atoms with Gasteiger partial charge >= 0.3 is 0 Å². The maximum atomic E-state index is 12.4. The number of carbonyl (C=O) groups excluding carboxylic acids is 2. The van der Waals surface area contributed by atoms with Crippen molar-refractivity contribution in [2.45, 2.75) is 13.3 Å². The van der Waals surface area contributed by atoms with Gasteiger partial charge in [0.25, 0.3) is 5.91 Å². The minimum atomic E-state index is -0.488. The van der Waals surface area contributed by atoms with Crippen LogP contribution in [0, 0.1) is 6.92 Å². The summed E-state index contributed by atoms with van der Waals surface area (Å²) in [6.07, 6.45) is 0.680. The highest BCUT2D eigenvalue weighted by atomic mass is 16.5. The van der Waals surface area contributed by atoms with E-state index in [1.165, 1.54) is 0 Å². The van der Waals surface area contributed by atoms with E-state index in [1.54, 1.807) is 55.6 Å². The lowest BCUT2D eigenvalue weighted by Crippen LogP contribution is -2.25. The molecular formula is C24H24N2O4. The molecule has 0 aliphatic carbocycles. The second-order valence-electron chi connectivity index (χ2n) is 6.84. The minimum Gasteiger partial charge on any atom is -0.496 e. The third kappa shape index (κ3) is 5.38. The second kappa shape index (κ2) is 9.60. The van der Waals surface area contributed by atoms with Gasteiger partial charge in [0, 0.05) is 17.7 Å². The summed E-state index contributed by atoms with van der Waals surface area (Å²) in [5, 5.41) is 2.93. The summed E-state index contributed by atoms with van der Waals surface area (Å²) in [6, 6.07) is 19.4. The predicted molar refractivity (Wildman–Crippen MR) is 115 cm³/mol. The van der Waals surface area contributed by atoms with Crippen LogP contribution >= 0.6 is 0 Å². The van der Waals surface area contributed by atoms with Crippen LogP contribution in [0.4, 0.5) is 0 Å². The Bertz CT molecular complexity index is 1030. The first-order valence-corrected chi connectivity index (χ1v) is 9.56. The first kappa shape index (κ1) is 20.9. The van der Waals surface area contributed by atoms with Crippen molar-refractivity contribution in [2.24, 2.45) is 5.73 Å². The number of hydrogen-bond donors (Lipinski definition) is 2. The number of nitrogens with two attached hydrogens (primary N) is 1. The molecule has 0 bridgehead atoms. The average molecular weight is 404 g/mol. The van der Waals surface area contributed by atoms with Crippen LogP contribution < -0.4 is 20.5 Å². The van der Waals surface area contributed by atoms with Crippen molar-refractivity contribution < 1.29 is 19.1 Å². The average Bonchev–Trinajstić information content (AvgIpc) is 2.75. The van der Waals surface area contributed by atoms with E-state index in [9.17, 15) is 9.59 Å². The van der Waals surface area contributed by atoms with E-state index in [-0.39, 0.29) is 5.91 Å². The minimum absolute atomic E-state index is 0.154. The van der Waals surface area contributed by atoms with Gasteiger partial charge in [-0.05, 0) is 73.5 Å². The molecule has 0 heterocycles. The lowest BCUT2D eigenvalue weighted by atomic mass is 10.1. The van der Waals surface area contributed by atoms with Crippen molar-refractivity contribution in [3.8, 4) is 17.2 Å². The number of methoxy groups -OCH3 is 1. The molecule has 0 aliphatic heterocycles. The summed E-state index contributed by atoms with van der Waals surface area (Å²) < 4.78 is 11.1. The molecule has 6 nitrogen and oxygen atoms in total. The fourth-order valence-corrected chi connectivity index (χ4v) is 3.01. The zero-order chi connectivity index (χ0) is 21.5. The van der Waals surface area contributed by atoms with Gasteiger partial charge in [-0.2, -0.15) is 0 Å². The van der Waals surface area contributed by atoms with Crippen LogP contribution in [0.1, 0.15) is 31.8 Å². The molecule has 3 N–H and O–H groups in total. The number of ether oxygens (including phenoxy) is 2. The smallest absolute Gasteiger partial charge is 0.251 e. The molecule has 3 aromatic carbocycles. The van der Waals surface area contributed by atoms with E-state index >= 15 is 0 Å². The lowest BCUT2D eigenvalue weighted by Gasteiger charge is -2.11. The van der Waals surface area contributed by atoms with Crippen molar-refractivity contribution in [2.75, 3.05) is 13.7 Å². The summed E-state index contributed by atoms with van der Waals surface area (Å²) in [6.45, 7) is 2.53. The fourth-order valence-electron chi connectivity index (χ4n) is 3.01. The molecule has 0 saturated heterocycles. The maximum absolute atomic E-state index is 12.4. The van der Waals surface area contributed by atoms with Gasteiger partial charge in [0.05, 0.1) is 7.11 Å². The molecular weight excluding hydrogens is 380 g/mol. The zero-order valence-corrected chi connectivity index (χ0v) is 17.0. The first-order chi connectivity index (χ1) is 14.5. The van der Waals surface area contributed by atoms with E-state index in [1.807, 2.05) is 19.1 Å². The second-order valence-corrected chi connectivity index (χ2v) is 6.84. The van der Waals surface area contributed by atoms with E-state index in [2.05, 4.69) is 11.4 Å². The van der Waals surface area contributed by atoms with Gasteiger partial charge in [-0.3, -0.25) is 9.59 Å². The number of nitrogens with one attached hydrogen (secondary N) is 1. The molecule has 0 atom stereocenters. The van der Waals surface area contributed by atoms with Gasteiger partial charge in [0.1, 0.15) is 17.2 Å². The number of benzene rings is 3.